The first kappa shape index (κ1) is 18.4. The molecule has 0 aliphatic rings. The van der Waals surface area contributed by atoms with Gasteiger partial charge in [0, 0.05) is 34.8 Å². The molecule has 29 heavy (non-hydrogen) atoms. The van der Waals surface area contributed by atoms with Gasteiger partial charge in [-0.2, -0.15) is 5.10 Å². The van der Waals surface area contributed by atoms with Gasteiger partial charge < -0.3 is 15.2 Å². The van der Waals surface area contributed by atoms with Gasteiger partial charge in [0.25, 0.3) is 11.8 Å². The standard InChI is InChI=1S/C21H19N5O3/c1-3-16-10-19(26-29-16)21(28)24-17-9-15(7-4-12(17)2)23-20(27)13-5-6-14-11-22-25-18(14)8-13/h4-11H,3H2,1-2H3,(H,22,25)(H,23,27)(H,24,28). The molecule has 0 unspecified atom stereocenters. The summed E-state index contributed by atoms with van der Waals surface area (Å²) in [5, 5.41) is 17.2. The molecular formula is C21H19N5O3. The number of H-pyrrole nitrogens is 1. The van der Waals surface area contributed by atoms with Crippen LogP contribution in [-0.4, -0.2) is 27.2 Å². The Morgan fingerprint density at radius 1 is 1.07 bits per heavy atom. The molecule has 0 radical (unpaired) electrons. The van der Waals surface area contributed by atoms with Gasteiger partial charge in [-0.15, -0.1) is 0 Å². The second-order valence-corrected chi connectivity index (χ2v) is 6.64. The third kappa shape index (κ3) is 3.86. The molecule has 2 heterocycles. The van der Waals surface area contributed by atoms with E-state index < -0.39 is 0 Å². The molecular weight excluding hydrogens is 370 g/mol. The molecule has 0 saturated carbocycles. The van der Waals surface area contributed by atoms with E-state index in [9.17, 15) is 9.59 Å². The van der Waals surface area contributed by atoms with Crippen molar-refractivity contribution in [3.05, 3.63) is 71.2 Å². The lowest BCUT2D eigenvalue weighted by atomic mass is 10.1. The number of anilines is 2. The van der Waals surface area contributed by atoms with Crippen molar-refractivity contribution in [1.82, 2.24) is 15.4 Å². The first-order chi connectivity index (χ1) is 14.0. The third-order valence-corrected chi connectivity index (χ3v) is 4.59. The maximum atomic E-state index is 12.6. The van der Waals surface area contributed by atoms with E-state index in [0.29, 0.717) is 29.1 Å². The Morgan fingerprint density at radius 3 is 2.72 bits per heavy atom. The molecule has 0 saturated heterocycles. The zero-order valence-corrected chi connectivity index (χ0v) is 15.9. The number of benzene rings is 2. The lowest BCUT2D eigenvalue weighted by Crippen LogP contribution is -2.15. The fraction of sp³-hybridized carbons (Fsp3) is 0.143. The molecule has 4 rings (SSSR count). The quantitative estimate of drug-likeness (QED) is 0.479. The molecule has 2 aromatic heterocycles. The summed E-state index contributed by atoms with van der Waals surface area (Å²) in [6.07, 6.45) is 2.36. The molecule has 0 atom stereocenters. The molecule has 0 aliphatic carbocycles. The number of nitrogens with zero attached hydrogens (tertiary/aromatic N) is 2. The monoisotopic (exact) mass is 389 g/mol. The van der Waals surface area contributed by atoms with E-state index in [1.165, 1.54) is 0 Å². The number of aromatic amines is 1. The molecule has 0 bridgehead atoms. The Kier molecular flexibility index (Phi) is 4.82. The summed E-state index contributed by atoms with van der Waals surface area (Å²) in [5.41, 5.74) is 3.50. The van der Waals surface area contributed by atoms with E-state index in [-0.39, 0.29) is 17.5 Å². The summed E-state index contributed by atoms with van der Waals surface area (Å²) in [5.74, 6) is 0.0126. The maximum absolute atomic E-state index is 12.6. The Hall–Kier alpha value is -3.94. The van der Waals surface area contributed by atoms with E-state index in [1.54, 1.807) is 36.5 Å². The van der Waals surface area contributed by atoms with E-state index >= 15 is 0 Å². The van der Waals surface area contributed by atoms with Gasteiger partial charge in [0.2, 0.25) is 0 Å². The number of hydrogen-bond acceptors (Lipinski definition) is 5. The zero-order chi connectivity index (χ0) is 20.4. The highest BCUT2D eigenvalue weighted by Crippen LogP contribution is 2.22. The van der Waals surface area contributed by atoms with Crippen LogP contribution in [0, 0.1) is 6.92 Å². The number of aryl methyl sites for hydroxylation is 2. The number of amides is 2. The van der Waals surface area contributed by atoms with Gasteiger partial charge in [0.1, 0.15) is 5.76 Å². The number of hydrogen-bond donors (Lipinski definition) is 3. The van der Waals surface area contributed by atoms with Crippen LogP contribution < -0.4 is 10.6 Å². The molecule has 0 fully saturated rings. The van der Waals surface area contributed by atoms with E-state index in [0.717, 1.165) is 16.5 Å². The van der Waals surface area contributed by atoms with Crippen molar-refractivity contribution in [1.29, 1.82) is 0 Å². The second kappa shape index (κ2) is 7.59. The first-order valence-electron chi connectivity index (χ1n) is 9.15. The Labute approximate surface area is 166 Å². The lowest BCUT2D eigenvalue weighted by molar-refractivity contribution is 0.101. The van der Waals surface area contributed by atoms with Crippen molar-refractivity contribution in [2.24, 2.45) is 0 Å². The largest absolute Gasteiger partial charge is 0.361 e. The highest BCUT2D eigenvalue weighted by Gasteiger charge is 2.14. The Bertz CT molecular complexity index is 1210. The maximum Gasteiger partial charge on any atom is 0.277 e. The molecule has 146 valence electrons. The van der Waals surface area contributed by atoms with Crippen LogP contribution in [0.4, 0.5) is 11.4 Å². The van der Waals surface area contributed by atoms with Crippen molar-refractivity contribution in [3.63, 3.8) is 0 Å². The predicted octanol–water partition coefficient (Wildman–Crippen LogP) is 3.93. The van der Waals surface area contributed by atoms with Gasteiger partial charge in [-0.25, -0.2) is 0 Å². The van der Waals surface area contributed by atoms with Crippen LogP contribution in [-0.2, 0) is 6.42 Å². The van der Waals surface area contributed by atoms with Gasteiger partial charge in [0.05, 0.1) is 11.7 Å². The average molecular weight is 389 g/mol. The molecule has 0 aliphatic heterocycles. The van der Waals surface area contributed by atoms with E-state index in [1.807, 2.05) is 26.0 Å². The first-order valence-corrected chi connectivity index (χ1v) is 9.15. The van der Waals surface area contributed by atoms with Gasteiger partial charge in [0.15, 0.2) is 5.69 Å². The zero-order valence-electron chi connectivity index (χ0n) is 15.9. The van der Waals surface area contributed by atoms with Crippen LogP contribution in [0.5, 0.6) is 0 Å². The van der Waals surface area contributed by atoms with Crippen molar-refractivity contribution < 1.29 is 14.1 Å². The van der Waals surface area contributed by atoms with Crippen molar-refractivity contribution in [2.75, 3.05) is 10.6 Å². The average Bonchev–Trinajstić information content (AvgIpc) is 3.39. The van der Waals surface area contributed by atoms with Crippen LogP contribution in [0.3, 0.4) is 0 Å². The highest BCUT2D eigenvalue weighted by atomic mass is 16.5. The van der Waals surface area contributed by atoms with Gasteiger partial charge in [-0.1, -0.05) is 24.2 Å². The number of nitrogens with one attached hydrogen (secondary N) is 3. The molecule has 2 aromatic carbocycles. The molecule has 8 nitrogen and oxygen atoms in total. The fourth-order valence-electron chi connectivity index (χ4n) is 2.89. The topological polar surface area (TPSA) is 113 Å². The normalized spacial score (nSPS) is 10.8. The minimum absolute atomic E-state index is 0.212. The summed E-state index contributed by atoms with van der Waals surface area (Å²) >= 11 is 0. The Balaban J connectivity index is 1.51. The van der Waals surface area contributed by atoms with Crippen molar-refractivity contribution in [3.8, 4) is 0 Å². The van der Waals surface area contributed by atoms with Gasteiger partial charge in [-0.05, 0) is 36.8 Å². The van der Waals surface area contributed by atoms with E-state index in [2.05, 4.69) is 26.0 Å². The van der Waals surface area contributed by atoms with Crippen LogP contribution in [0.2, 0.25) is 0 Å². The van der Waals surface area contributed by atoms with Gasteiger partial charge in [-0.3, -0.25) is 14.7 Å². The number of fused-ring (bicyclic) bond motifs is 1. The summed E-state index contributed by atoms with van der Waals surface area (Å²) in [7, 11) is 0. The molecule has 8 heteroatoms. The molecule has 2 amide bonds. The molecule has 4 aromatic rings. The number of carbonyl (C=O) groups is 2. The minimum atomic E-state index is -0.371. The Morgan fingerprint density at radius 2 is 1.93 bits per heavy atom. The summed E-state index contributed by atoms with van der Waals surface area (Å²) in [4.78, 5) is 25.0. The number of carbonyl (C=O) groups excluding carboxylic acids is 2. The van der Waals surface area contributed by atoms with Crippen LogP contribution in [0.15, 0.2) is 53.2 Å². The van der Waals surface area contributed by atoms with Crippen molar-refractivity contribution >= 4 is 34.1 Å². The van der Waals surface area contributed by atoms with E-state index in [4.69, 9.17) is 4.52 Å². The highest BCUT2D eigenvalue weighted by molar-refractivity contribution is 6.07. The second-order valence-electron chi connectivity index (χ2n) is 6.64. The minimum Gasteiger partial charge on any atom is -0.361 e. The fourth-order valence-corrected chi connectivity index (χ4v) is 2.89. The van der Waals surface area contributed by atoms with Crippen LogP contribution in [0.1, 0.15) is 39.1 Å². The summed E-state index contributed by atoms with van der Waals surface area (Å²) in [6, 6.07) is 12.2. The number of aromatic nitrogens is 3. The smallest absolute Gasteiger partial charge is 0.277 e. The molecule has 3 N–H and O–H groups in total. The predicted molar refractivity (Wildman–Crippen MR) is 109 cm³/mol. The third-order valence-electron chi connectivity index (χ3n) is 4.59. The molecule has 0 spiro atoms. The lowest BCUT2D eigenvalue weighted by Gasteiger charge is -2.11. The van der Waals surface area contributed by atoms with Crippen LogP contribution in [0.25, 0.3) is 10.9 Å². The number of rotatable bonds is 5. The van der Waals surface area contributed by atoms with Crippen molar-refractivity contribution in [2.45, 2.75) is 20.3 Å². The van der Waals surface area contributed by atoms with Gasteiger partial charge >= 0.3 is 0 Å². The summed E-state index contributed by atoms with van der Waals surface area (Å²) in [6.45, 7) is 3.79. The summed E-state index contributed by atoms with van der Waals surface area (Å²) < 4.78 is 5.08. The SMILES string of the molecule is CCc1cc(C(=O)Nc2cc(NC(=O)c3ccc4cn[nH]c4c3)ccc2C)no1. The van der Waals surface area contributed by atoms with Crippen LogP contribution >= 0.6 is 0 Å².